The van der Waals surface area contributed by atoms with E-state index in [4.69, 9.17) is 0 Å². The summed E-state index contributed by atoms with van der Waals surface area (Å²) in [5.41, 5.74) is 4.75. The number of allylic oxidation sites excluding steroid dienone is 4. The SMILES string of the molecule is CC1=C(Sc2ccc(-c3ccc(SC4=C(C)C(=O)c5ccccc5C4=O)cc3)cc2)C(=O)c2ccccc2C1=O. The molecule has 0 aromatic heterocycles. The molecular weight excluding hydrogens is 537 g/mol. The van der Waals surface area contributed by atoms with E-state index < -0.39 is 0 Å². The monoisotopic (exact) mass is 558 g/mol. The molecule has 4 aromatic rings. The zero-order valence-corrected chi connectivity index (χ0v) is 23.3. The largest absolute Gasteiger partial charge is 0.289 e. The van der Waals surface area contributed by atoms with Gasteiger partial charge in [-0.2, -0.15) is 0 Å². The van der Waals surface area contributed by atoms with Crippen LogP contribution in [0.4, 0.5) is 0 Å². The van der Waals surface area contributed by atoms with Crippen molar-refractivity contribution in [2.75, 3.05) is 0 Å². The molecule has 0 fully saturated rings. The van der Waals surface area contributed by atoms with Gasteiger partial charge in [-0.1, -0.05) is 96.3 Å². The molecule has 0 unspecified atom stereocenters. The molecule has 6 heteroatoms. The number of rotatable bonds is 5. The minimum Gasteiger partial charge on any atom is -0.289 e. The number of hydrogen-bond donors (Lipinski definition) is 0. The highest BCUT2D eigenvalue weighted by Gasteiger charge is 2.31. The number of carbonyl (C=O) groups is 4. The van der Waals surface area contributed by atoms with Crippen LogP contribution in [0.5, 0.6) is 0 Å². The van der Waals surface area contributed by atoms with Crippen LogP contribution in [0.2, 0.25) is 0 Å². The number of benzene rings is 4. The fraction of sp³-hybridized carbons (Fsp3) is 0.0588. The third-order valence-electron chi connectivity index (χ3n) is 7.09. The summed E-state index contributed by atoms with van der Waals surface area (Å²) in [7, 11) is 0. The van der Waals surface area contributed by atoms with Crippen LogP contribution in [0, 0.1) is 0 Å². The Labute approximate surface area is 240 Å². The first-order valence-electron chi connectivity index (χ1n) is 12.7. The van der Waals surface area contributed by atoms with E-state index in [-0.39, 0.29) is 23.1 Å². The lowest BCUT2D eigenvalue weighted by Crippen LogP contribution is -2.19. The molecule has 0 aliphatic heterocycles. The summed E-state index contributed by atoms with van der Waals surface area (Å²) in [5, 5.41) is 0. The molecule has 0 N–H and O–H groups in total. The molecule has 2 aliphatic carbocycles. The van der Waals surface area contributed by atoms with Gasteiger partial charge in [0.2, 0.25) is 11.6 Å². The van der Waals surface area contributed by atoms with Crippen LogP contribution in [-0.4, -0.2) is 23.1 Å². The predicted octanol–water partition coefficient (Wildman–Crippen LogP) is 8.24. The smallest absolute Gasteiger partial charge is 0.200 e. The van der Waals surface area contributed by atoms with Gasteiger partial charge in [-0.25, -0.2) is 0 Å². The van der Waals surface area contributed by atoms with Crippen molar-refractivity contribution < 1.29 is 19.2 Å². The Balaban J connectivity index is 1.19. The van der Waals surface area contributed by atoms with Crippen molar-refractivity contribution in [1.82, 2.24) is 0 Å². The minimum atomic E-state index is -0.123. The van der Waals surface area contributed by atoms with Gasteiger partial charge >= 0.3 is 0 Å². The fourth-order valence-electron chi connectivity index (χ4n) is 4.87. The second-order valence-corrected chi connectivity index (χ2v) is 11.7. The van der Waals surface area contributed by atoms with Gasteiger partial charge in [-0.3, -0.25) is 19.2 Å². The van der Waals surface area contributed by atoms with Crippen LogP contribution in [0.1, 0.15) is 55.3 Å². The van der Waals surface area contributed by atoms with E-state index in [9.17, 15) is 19.2 Å². The second kappa shape index (κ2) is 10.4. The van der Waals surface area contributed by atoms with Crippen LogP contribution in [-0.2, 0) is 0 Å². The lowest BCUT2D eigenvalue weighted by Gasteiger charge is -2.18. The third kappa shape index (κ3) is 4.49. The molecule has 2 aliphatic rings. The van der Waals surface area contributed by atoms with Crippen LogP contribution < -0.4 is 0 Å². The molecule has 0 atom stereocenters. The maximum absolute atomic E-state index is 13.1. The Morgan fingerprint density at radius 2 is 0.700 bits per heavy atom. The van der Waals surface area contributed by atoms with E-state index >= 15 is 0 Å². The van der Waals surface area contributed by atoms with Crippen LogP contribution in [0.15, 0.2) is 128 Å². The summed E-state index contributed by atoms with van der Waals surface area (Å²) in [5.74, 6) is -0.466. The zero-order chi connectivity index (χ0) is 28.0. The molecule has 0 spiro atoms. The number of Topliss-reactive ketones (excluding diaryl/α,β-unsaturated/α-hetero) is 4. The first-order valence-corrected chi connectivity index (χ1v) is 14.3. The number of ketones is 4. The number of carbonyl (C=O) groups excluding carboxylic acids is 4. The summed E-state index contributed by atoms with van der Waals surface area (Å²) < 4.78 is 0. The maximum Gasteiger partial charge on any atom is 0.200 e. The Morgan fingerprint density at radius 1 is 0.400 bits per heavy atom. The Hall–Kier alpha value is -4.26. The molecule has 40 heavy (non-hydrogen) atoms. The first kappa shape index (κ1) is 26.0. The van der Waals surface area contributed by atoms with Gasteiger partial charge in [0.25, 0.3) is 0 Å². The van der Waals surface area contributed by atoms with Crippen molar-refractivity contribution in [2.45, 2.75) is 23.6 Å². The van der Waals surface area contributed by atoms with E-state index in [1.807, 2.05) is 48.5 Å². The average Bonchev–Trinajstić information content (AvgIpc) is 3.00. The molecule has 4 nitrogen and oxygen atoms in total. The quantitative estimate of drug-likeness (QED) is 0.246. The van der Waals surface area contributed by atoms with E-state index in [0.29, 0.717) is 43.2 Å². The van der Waals surface area contributed by atoms with Gasteiger partial charge in [-0.15, -0.1) is 0 Å². The summed E-state index contributed by atoms with van der Waals surface area (Å²) in [6.07, 6.45) is 0. The lowest BCUT2D eigenvalue weighted by molar-refractivity contribution is 0.0981. The van der Waals surface area contributed by atoms with Crippen LogP contribution in [0.25, 0.3) is 11.1 Å². The first-order chi connectivity index (χ1) is 19.3. The highest BCUT2D eigenvalue weighted by Crippen LogP contribution is 2.39. The standard InChI is InChI=1S/C34H22O4S2/c1-19-29(35)25-7-3-5-9-27(25)31(37)33(19)39-23-15-11-21(12-16-23)22-13-17-24(18-14-22)40-34-20(2)30(36)26-8-4-6-10-28(26)32(34)38/h3-18H,1-2H3. The van der Waals surface area contributed by atoms with Crippen molar-refractivity contribution in [3.8, 4) is 11.1 Å². The molecular formula is C34H22O4S2. The van der Waals surface area contributed by atoms with Crippen molar-refractivity contribution in [1.29, 1.82) is 0 Å². The topological polar surface area (TPSA) is 68.3 Å². The lowest BCUT2D eigenvalue weighted by atomic mass is 9.90. The van der Waals surface area contributed by atoms with Crippen molar-refractivity contribution in [3.63, 3.8) is 0 Å². The van der Waals surface area contributed by atoms with Crippen LogP contribution in [0.3, 0.4) is 0 Å². The number of thioether (sulfide) groups is 2. The van der Waals surface area contributed by atoms with Gasteiger partial charge in [0.1, 0.15) is 0 Å². The van der Waals surface area contributed by atoms with E-state index in [2.05, 4.69) is 0 Å². The molecule has 0 amide bonds. The number of hydrogen-bond acceptors (Lipinski definition) is 6. The molecule has 4 aromatic carbocycles. The van der Waals surface area contributed by atoms with Gasteiger partial charge in [0.15, 0.2) is 11.6 Å². The Kier molecular flexibility index (Phi) is 6.74. The van der Waals surface area contributed by atoms with Crippen molar-refractivity contribution in [3.05, 3.63) is 140 Å². The molecule has 0 saturated heterocycles. The molecule has 194 valence electrons. The minimum absolute atomic E-state index is 0.110. The molecule has 0 heterocycles. The molecule has 6 rings (SSSR count). The van der Waals surface area contributed by atoms with Crippen molar-refractivity contribution >= 4 is 46.7 Å². The zero-order valence-electron chi connectivity index (χ0n) is 21.7. The predicted molar refractivity (Wildman–Crippen MR) is 159 cm³/mol. The van der Waals surface area contributed by atoms with E-state index in [0.717, 1.165) is 20.9 Å². The summed E-state index contributed by atoms with van der Waals surface area (Å²) >= 11 is 2.62. The Bertz CT molecular complexity index is 1670. The molecule has 0 bridgehead atoms. The summed E-state index contributed by atoms with van der Waals surface area (Å²) in [6, 6.07) is 29.6. The Morgan fingerprint density at radius 3 is 1.02 bits per heavy atom. The van der Waals surface area contributed by atoms with Gasteiger partial charge < -0.3 is 0 Å². The highest BCUT2D eigenvalue weighted by molar-refractivity contribution is 8.04. The average molecular weight is 559 g/mol. The second-order valence-electron chi connectivity index (χ2n) is 9.57. The van der Waals surface area contributed by atoms with E-state index in [1.165, 1.54) is 23.5 Å². The van der Waals surface area contributed by atoms with E-state index in [1.54, 1.807) is 62.4 Å². The van der Waals surface area contributed by atoms with Gasteiger partial charge in [-0.05, 0) is 49.2 Å². The molecule has 0 saturated carbocycles. The number of fused-ring (bicyclic) bond motifs is 2. The third-order valence-corrected chi connectivity index (χ3v) is 9.50. The normalized spacial score (nSPS) is 14.9. The maximum atomic E-state index is 13.1. The summed E-state index contributed by atoms with van der Waals surface area (Å²) in [4.78, 5) is 54.4. The van der Waals surface area contributed by atoms with Gasteiger partial charge in [0.05, 0.1) is 9.81 Å². The highest BCUT2D eigenvalue weighted by atomic mass is 32.2. The summed E-state index contributed by atoms with van der Waals surface area (Å²) in [6.45, 7) is 3.42. The van der Waals surface area contributed by atoms with Crippen molar-refractivity contribution in [2.24, 2.45) is 0 Å². The fourth-order valence-corrected chi connectivity index (χ4v) is 6.78. The molecule has 0 radical (unpaired) electrons. The van der Waals surface area contributed by atoms with Crippen LogP contribution >= 0.6 is 23.5 Å². The van der Waals surface area contributed by atoms with Gasteiger partial charge in [0, 0.05) is 43.2 Å².